The summed E-state index contributed by atoms with van der Waals surface area (Å²) in [5.74, 6) is 0.424. The lowest BCUT2D eigenvalue weighted by molar-refractivity contribution is -0.131. The Kier molecular flexibility index (Phi) is 3.78. The number of nitrogens with zero attached hydrogens (tertiary/aromatic N) is 2. The van der Waals surface area contributed by atoms with Gasteiger partial charge in [0.2, 0.25) is 5.95 Å². The number of halogens is 3. The first kappa shape index (κ1) is 13.5. The minimum absolute atomic E-state index is 0.188. The van der Waals surface area contributed by atoms with Gasteiger partial charge >= 0.3 is 6.18 Å². The van der Waals surface area contributed by atoms with Crippen molar-refractivity contribution in [2.75, 3.05) is 11.9 Å². The summed E-state index contributed by atoms with van der Waals surface area (Å²) in [7, 11) is 0. The second-order valence-electron chi connectivity index (χ2n) is 4.20. The van der Waals surface area contributed by atoms with E-state index in [4.69, 9.17) is 0 Å². The SMILES string of the molecule is Cc1cn(-c2ccccc2)c(NCCC(F)(F)F)n1. The van der Waals surface area contributed by atoms with Crippen LogP contribution in [0, 0.1) is 6.92 Å². The van der Waals surface area contributed by atoms with Crippen LogP contribution < -0.4 is 5.32 Å². The highest BCUT2D eigenvalue weighted by atomic mass is 19.4. The zero-order valence-electron chi connectivity index (χ0n) is 10.4. The van der Waals surface area contributed by atoms with Crippen molar-refractivity contribution in [3.8, 4) is 5.69 Å². The zero-order chi connectivity index (χ0) is 13.9. The summed E-state index contributed by atoms with van der Waals surface area (Å²) in [6.45, 7) is 1.61. The molecule has 0 fully saturated rings. The van der Waals surface area contributed by atoms with Gasteiger partial charge in [0.05, 0.1) is 12.1 Å². The molecule has 0 spiro atoms. The van der Waals surface area contributed by atoms with Crippen molar-refractivity contribution in [1.82, 2.24) is 9.55 Å². The molecule has 1 heterocycles. The molecule has 0 amide bonds. The molecular weight excluding hydrogens is 255 g/mol. The first-order chi connectivity index (χ1) is 8.96. The van der Waals surface area contributed by atoms with Gasteiger partial charge in [0.25, 0.3) is 0 Å². The molecule has 3 nitrogen and oxygen atoms in total. The number of rotatable bonds is 4. The molecule has 0 saturated carbocycles. The van der Waals surface area contributed by atoms with Crippen molar-refractivity contribution in [3.05, 3.63) is 42.2 Å². The van der Waals surface area contributed by atoms with Gasteiger partial charge in [0.15, 0.2) is 0 Å². The van der Waals surface area contributed by atoms with Crippen molar-refractivity contribution >= 4 is 5.95 Å². The van der Waals surface area contributed by atoms with Crippen molar-refractivity contribution in [1.29, 1.82) is 0 Å². The van der Waals surface area contributed by atoms with E-state index >= 15 is 0 Å². The van der Waals surface area contributed by atoms with E-state index in [2.05, 4.69) is 10.3 Å². The molecule has 0 saturated heterocycles. The number of benzene rings is 1. The number of aryl methyl sites for hydroxylation is 1. The highest BCUT2D eigenvalue weighted by Gasteiger charge is 2.26. The summed E-state index contributed by atoms with van der Waals surface area (Å²) < 4.78 is 38.1. The minimum Gasteiger partial charge on any atom is -0.355 e. The molecule has 19 heavy (non-hydrogen) atoms. The quantitative estimate of drug-likeness (QED) is 0.920. The normalized spacial score (nSPS) is 11.6. The summed E-state index contributed by atoms with van der Waals surface area (Å²) in [4.78, 5) is 4.19. The molecule has 102 valence electrons. The van der Waals surface area contributed by atoms with E-state index in [-0.39, 0.29) is 6.54 Å². The van der Waals surface area contributed by atoms with Crippen molar-refractivity contribution < 1.29 is 13.2 Å². The first-order valence-electron chi connectivity index (χ1n) is 5.88. The Balaban J connectivity index is 2.13. The summed E-state index contributed by atoms with van der Waals surface area (Å²) in [6.07, 6.45) is -3.26. The standard InChI is InChI=1S/C13H14F3N3/c1-10-9-19(11-5-3-2-4-6-11)12(18-10)17-8-7-13(14,15)16/h2-6,9H,7-8H2,1H3,(H,17,18). The monoisotopic (exact) mass is 269 g/mol. The van der Waals surface area contributed by atoms with Crippen LogP contribution in [0.5, 0.6) is 0 Å². The lowest BCUT2D eigenvalue weighted by Crippen LogP contribution is -2.16. The molecule has 2 aromatic rings. The molecule has 0 aliphatic rings. The number of aromatic nitrogens is 2. The Labute approximate surface area is 109 Å². The van der Waals surface area contributed by atoms with Gasteiger partial charge in [0.1, 0.15) is 0 Å². The van der Waals surface area contributed by atoms with Gasteiger partial charge in [-0.15, -0.1) is 0 Å². The second kappa shape index (κ2) is 5.34. The first-order valence-corrected chi connectivity index (χ1v) is 5.88. The van der Waals surface area contributed by atoms with Crippen molar-refractivity contribution in [2.24, 2.45) is 0 Å². The van der Waals surface area contributed by atoms with E-state index in [9.17, 15) is 13.2 Å². The third-order valence-electron chi connectivity index (χ3n) is 2.55. The average molecular weight is 269 g/mol. The number of nitrogens with one attached hydrogen (secondary N) is 1. The number of alkyl halides is 3. The molecule has 0 unspecified atom stereocenters. The maximum absolute atomic E-state index is 12.1. The number of hydrogen-bond acceptors (Lipinski definition) is 2. The highest BCUT2D eigenvalue weighted by Crippen LogP contribution is 2.20. The van der Waals surface area contributed by atoms with Crippen LogP contribution in [0.1, 0.15) is 12.1 Å². The molecule has 0 aliphatic heterocycles. The smallest absolute Gasteiger partial charge is 0.355 e. The number of imidazole rings is 1. The molecule has 1 N–H and O–H groups in total. The van der Waals surface area contributed by atoms with Gasteiger partial charge in [-0.2, -0.15) is 13.2 Å². The van der Waals surface area contributed by atoms with E-state index in [1.807, 2.05) is 30.3 Å². The van der Waals surface area contributed by atoms with Gasteiger partial charge in [-0.25, -0.2) is 4.98 Å². The van der Waals surface area contributed by atoms with Crippen LogP contribution in [-0.4, -0.2) is 22.3 Å². The van der Waals surface area contributed by atoms with Crippen molar-refractivity contribution in [2.45, 2.75) is 19.5 Å². The summed E-state index contributed by atoms with van der Waals surface area (Å²) in [5, 5.41) is 2.72. The van der Waals surface area contributed by atoms with Crippen LogP contribution in [-0.2, 0) is 0 Å². The number of anilines is 1. The van der Waals surface area contributed by atoms with Crippen LogP contribution >= 0.6 is 0 Å². The lowest BCUT2D eigenvalue weighted by Gasteiger charge is -2.10. The largest absolute Gasteiger partial charge is 0.390 e. The molecule has 2 rings (SSSR count). The zero-order valence-corrected chi connectivity index (χ0v) is 10.4. The van der Waals surface area contributed by atoms with Crippen LogP contribution in [0.4, 0.5) is 19.1 Å². The fraction of sp³-hybridized carbons (Fsp3) is 0.308. The topological polar surface area (TPSA) is 29.9 Å². The van der Waals surface area contributed by atoms with Crippen LogP contribution in [0.3, 0.4) is 0 Å². The third-order valence-corrected chi connectivity index (χ3v) is 2.55. The predicted octanol–water partition coefficient (Wildman–Crippen LogP) is 3.55. The van der Waals surface area contributed by atoms with E-state index in [0.717, 1.165) is 11.4 Å². The Morgan fingerprint density at radius 3 is 2.53 bits per heavy atom. The Morgan fingerprint density at radius 1 is 1.21 bits per heavy atom. The maximum atomic E-state index is 12.1. The van der Waals surface area contributed by atoms with Gasteiger partial charge in [-0.05, 0) is 19.1 Å². The number of hydrogen-bond donors (Lipinski definition) is 1. The molecular formula is C13H14F3N3. The van der Waals surface area contributed by atoms with Gasteiger partial charge in [-0.1, -0.05) is 18.2 Å². The maximum Gasteiger partial charge on any atom is 0.390 e. The third kappa shape index (κ3) is 3.74. The van der Waals surface area contributed by atoms with Crippen LogP contribution in [0.15, 0.2) is 36.5 Å². The Morgan fingerprint density at radius 2 is 1.89 bits per heavy atom. The average Bonchev–Trinajstić information content (AvgIpc) is 2.70. The molecule has 0 bridgehead atoms. The van der Waals surface area contributed by atoms with E-state index in [0.29, 0.717) is 5.95 Å². The Bertz CT molecular complexity index is 532. The van der Waals surface area contributed by atoms with E-state index in [1.165, 1.54) is 0 Å². The lowest BCUT2D eigenvalue weighted by atomic mass is 10.3. The minimum atomic E-state index is -4.16. The van der Waals surface area contributed by atoms with Gasteiger partial charge in [0, 0.05) is 18.4 Å². The second-order valence-corrected chi connectivity index (χ2v) is 4.20. The van der Waals surface area contributed by atoms with Crippen LogP contribution in [0.25, 0.3) is 5.69 Å². The molecule has 1 aromatic carbocycles. The summed E-state index contributed by atoms with van der Waals surface area (Å²) in [6, 6.07) is 9.35. The van der Waals surface area contributed by atoms with Crippen molar-refractivity contribution in [3.63, 3.8) is 0 Å². The van der Waals surface area contributed by atoms with Gasteiger partial charge < -0.3 is 5.32 Å². The molecule has 6 heteroatoms. The summed E-state index contributed by atoms with van der Waals surface area (Å²) >= 11 is 0. The highest BCUT2D eigenvalue weighted by molar-refractivity contribution is 5.42. The van der Waals surface area contributed by atoms with E-state index in [1.54, 1.807) is 17.7 Å². The fourth-order valence-electron chi connectivity index (χ4n) is 1.72. The predicted molar refractivity (Wildman–Crippen MR) is 67.5 cm³/mol. The van der Waals surface area contributed by atoms with Crippen LogP contribution in [0.2, 0.25) is 0 Å². The fourth-order valence-corrected chi connectivity index (χ4v) is 1.72. The molecule has 0 aliphatic carbocycles. The van der Waals surface area contributed by atoms with Gasteiger partial charge in [-0.3, -0.25) is 4.57 Å². The summed E-state index contributed by atoms with van der Waals surface area (Å²) in [5.41, 5.74) is 1.61. The Hall–Kier alpha value is -1.98. The molecule has 1 aromatic heterocycles. The number of para-hydroxylation sites is 1. The molecule has 0 atom stereocenters. The molecule has 0 radical (unpaired) electrons. The van der Waals surface area contributed by atoms with E-state index < -0.39 is 12.6 Å².